The van der Waals surface area contributed by atoms with Crippen LogP contribution in [0.1, 0.15) is 46.4 Å². The van der Waals surface area contributed by atoms with Crippen molar-refractivity contribution in [1.82, 2.24) is 9.80 Å². The van der Waals surface area contributed by atoms with Crippen molar-refractivity contribution in [3.05, 3.63) is 16.0 Å². The van der Waals surface area contributed by atoms with E-state index < -0.39 is 17.8 Å². The standard InChI is InChI=1S/C21H33N3O7S/c1-7-24(8-2)16(26)13-23(5)12-15(25)22-19-17(20(27)30-9-3)14(4)18(32-19)21(28)31-11-10-29-6/h7-13H2,1-6H3,(H,22,25). The SMILES string of the molecule is CCOC(=O)c1c(NC(=O)CN(C)CC(=O)N(CC)CC)sc(C(=O)OCCOC)c1C. The van der Waals surface area contributed by atoms with Crippen LogP contribution >= 0.6 is 11.3 Å². The lowest BCUT2D eigenvalue weighted by Crippen LogP contribution is -2.41. The first-order valence-electron chi connectivity index (χ1n) is 10.4. The summed E-state index contributed by atoms with van der Waals surface area (Å²) < 4.78 is 15.1. The molecule has 1 rings (SSSR count). The summed E-state index contributed by atoms with van der Waals surface area (Å²) in [6.07, 6.45) is 0. The highest BCUT2D eigenvalue weighted by Gasteiger charge is 2.27. The maximum Gasteiger partial charge on any atom is 0.348 e. The van der Waals surface area contributed by atoms with E-state index in [2.05, 4.69) is 5.32 Å². The van der Waals surface area contributed by atoms with E-state index in [9.17, 15) is 19.2 Å². The minimum absolute atomic E-state index is 0.0640. The predicted molar refractivity (Wildman–Crippen MR) is 121 cm³/mol. The molecule has 10 nitrogen and oxygen atoms in total. The quantitative estimate of drug-likeness (QED) is 0.342. The van der Waals surface area contributed by atoms with Gasteiger partial charge < -0.3 is 24.4 Å². The van der Waals surface area contributed by atoms with Gasteiger partial charge in [-0.05, 0) is 40.3 Å². The topological polar surface area (TPSA) is 114 Å². The molecule has 1 aromatic rings. The van der Waals surface area contributed by atoms with Crippen LogP contribution in [0.2, 0.25) is 0 Å². The molecule has 0 unspecified atom stereocenters. The summed E-state index contributed by atoms with van der Waals surface area (Å²) in [5, 5.41) is 2.88. The van der Waals surface area contributed by atoms with Crippen LogP contribution in [-0.4, -0.2) is 93.7 Å². The summed E-state index contributed by atoms with van der Waals surface area (Å²) in [4.78, 5) is 53.2. The lowest BCUT2D eigenvalue weighted by molar-refractivity contribution is -0.132. The van der Waals surface area contributed by atoms with Crippen molar-refractivity contribution < 1.29 is 33.4 Å². The average Bonchev–Trinajstić information content (AvgIpc) is 3.04. The van der Waals surface area contributed by atoms with Gasteiger partial charge in [0, 0.05) is 20.2 Å². The third-order valence-electron chi connectivity index (χ3n) is 4.52. The van der Waals surface area contributed by atoms with Gasteiger partial charge in [-0.3, -0.25) is 14.5 Å². The Labute approximate surface area is 192 Å². The van der Waals surface area contributed by atoms with Crippen molar-refractivity contribution in [1.29, 1.82) is 0 Å². The molecule has 0 aliphatic carbocycles. The van der Waals surface area contributed by atoms with E-state index in [4.69, 9.17) is 14.2 Å². The Hall–Kier alpha value is -2.50. The fourth-order valence-corrected chi connectivity index (χ4v) is 4.01. The highest BCUT2D eigenvalue weighted by molar-refractivity contribution is 7.18. The van der Waals surface area contributed by atoms with Gasteiger partial charge in [0.05, 0.1) is 31.9 Å². The molecular formula is C21H33N3O7S. The normalized spacial score (nSPS) is 10.7. The number of likely N-dealkylation sites (N-methyl/N-ethyl adjacent to an activating group) is 2. The Bertz CT molecular complexity index is 806. The third kappa shape index (κ3) is 7.88. The number of carbonyl (C=O) groups excluding carboxylic acids is 4. The van der Waals surface area contributed by atoms with E-state index in [1.807, 2.05) is 13.8 Å². The molecule has 0 saturated heterocycles. The van der Waals surface area contributed by atoms with E-state index in [0.29, 0.717) is 18.7 Å². The summed E-state index contributed by atoms with van der Waals surface area (Å²) in [5.41, 5.74) is 0.488. The van der Waals surface area contributed by atoms with Crippen LogP contribution < -0.4 is 5.32 Å². The van der Waals surface area contributed by atoms with Crippen LogP contribution in [0.25, 0.3) is 0 Å². The molecule has 0 aromatic carbocycles. The number of esters is 2. The van der Waals surface area contributed by atoms with Gasteiger partial charge in [0.2, 0.25) is 11.8 Å². The zero-order chi connectivity index (χ0) is 24.3. The lowest BCUT2D eigenvalue weighted by Gasteiger charge is -2.22. The molecule has 32 heavy (non-hydrogen) atoms. The smallest absolute Gasteiger partial charge is 0.348 e. The van der Waals surface area contributed by atoms with E-state index in [0.717, 1.165) is 11.3 Å². The number of thiophene rings is 1. The lowest BCUT2D eigenvalue weighted by atomic mass is 10.1. The summed E-state index contributed by atoms with van der Waals surface area (Å²) in [6, 6.07) is 0. The number of nitrogens with zero attached hydrogens (tertiary/aromatic N) is 2. The van der Waals surface area contributed by atoms with Crippen molar-refractivity contribution in [2.24, 2.45) is 0 Å². The Kier molecular flexibility index (Phi) is 11.9. The van der Waals surface area contributed by atoms with E-state index in [-0.39, 0.29) is 54.3 Å². The molecule has 0 bridgehead atoms. The molecule has 0 spiro atoms. The minimum atomic E-state index is -0.641. The molecule has 2 amide bonds. The highest BCUT2D eigenvalue weighted by Crippen LogP contribution is 2.34. The molecule has 1 aromatic heterocycles. The second kappa shape index (κ2) is 13.8. The Morgan fingerprint density at radius 2 is 1.62 bits per heavy atom. The summed E-state index contributed by atoms with van der Waals surface area (Å²) in [7, 11) is 3.15. The molecule has 1 heterocycles. The average molecular weight is 472 g/mol. The molecule has 11 heteroatoms. The summed E-state index contributed by atoms with van der Waals surface area (Å²) >= 11 is 0.946. The van der Waals surface area contributed by atoms with Gasteiger partial charge in [-0.2, -0.15) is 0 Å². The minimum Gasteiger partial charge on any atom is -0.462 e. The maximum absolute atomic E-state index is 12.6. The highest BCUT2D eigenvalue weighted by atomic mass is 32.1. The van der Waals surface area contributed by atoms with Crippen LogP contribution in [0.5, 0.6) is 0 Å². The molecule has 180 valence electrons. The molecular weight excluding hydrogens is 438 g/mol. The van der Waals surface area contributed by atoms with Gasteiger partial charge in [0.25, 0.3) is 0 Å². The number of hydrogen-bond donors (Lipinski definition) is 1. The van der Waals surface area contributed by atoms with Crippen LogP contribution in [0.4, 0.5) is 5.00 Å². The third-order valence-corrected chi connectivity index (χ3v) is 5.71. The second-order valence-electron chi connectivity index (χ2n) is 6.90. The number of hydrogen-bond acceptors (Lipinski definition) is 9. The van der Waals surface area contributed by atoms with Crippen molar-refractivity contribution in [2.75, 3.05) is 65.5 Å². The first-order chi connectivity index (χ1) is 15.2. The second-order valence-corrected chi connectivity index (χ2v) is 7.92. The number of ether oxygens (including phenoxy) is 3. The number of carbonyl (C=O) groups is 4. The van der Waals surface area contributed by atoms with Crippen molar-refractivity contribution in [3.8, 4) is 0 Å². The fourth-order valence-electron chi connectivity index (χ4n) is 2.90. The molecule has 0 radical (unpaired) electrons. The first-order valence-corrected chi connectivity index (χ1v) is 11.2. The van der Waals surface area contributed by atoms with E-state index >= 15 is 0 Å². The van der Waals surface area contributed by atoms with Crippen molar-refractivity contribution >= 4 is 40.1 Å². The van der Waals surface area contributed by atoms with Crippen molar-refractivity contribution in [3.63, 3.8) is 0 Å². The van der Waals surface area contributed by atoms with Gasteiger partial charge in [-0.15, -0.1) is 11.3 Å². The fraction of sp³-hybridized carbons (Fsp3) is 0.619. The number of anilines is 1. The summed E-state index contributed by atoms with van der Waals surface area (Å²) in [6.45, 7) is 8.69. The largest absolute Gasteiger partial charge is 0.462 e. The zero-order valence-electron chi connectivity index (χ0n) is 19.6. The predicted octanol–water partition coefficient (Wildman–Crippen LogP) is 1.78. The van der Waals surface area contributed by atoms with Gasteiger partial charge >= 0.3 is 11.9 Å². The Balaban J connectivity index is 2.98. The van der Waals surface area contributed by atoms with Crippen LogP contribution in [0.15, 0.2) is 0 Å². The van der Waals surface area contributed by atoms with Crippen LogP contribution in [0.3, 0.4) is 0 Å². The molecule has 0 aliphatic rings. The van der Waals surface area contributed by atoms with Gasteiger partial charge in [0.1, 0.15) is 16.5 Å². The zero-order valence-corrected chi connectivity index (χ0v) is 20.4. The van der Waals surface area contributed by atoms with Gasteiger partial charge in [-0.25, -0.2) is 9.59 Å². The van der Waals surface area contributed by atoms with Gasteiger partial charge in [0.15, 0.2) is 0 Å². The maximum atomic E-state index is 12.6. The summed E-state index contributed by atoms with van der Waals surface area (Å²) in [5.74, 6) is -1.76. The van der Waals surface area contributed by atoms with Crippen LogP contribution in [-0.2, 0) is 23.8 Å². The first kappa shape index (κ1) is 27.5. The monoisotopic (exact) mass is 471 g/mol. The van der Waals surface area contributed by atoms with Crippen LogP contribution in [0, 0.1) is 6.92 Å². The number of methoxy groups -OCH3 is 1. The molecule has 1 N–H and O–H groups in total. The molecule has 0 atom stereocenters. The Morgan fingerprint density at radius 3 is 2.19 bits per heavy atom. The Morgan fingerprint density at radius 1 is 0.969 bits per heavy atom. The van der Waals surface area contributed by atoms with E-state index in [1.165, 1.54) is 7.11 Å². The molecule has 0 fully saturated rings. The molecule has 0 aliphatic heterocycles. The molecule has 0 saturated carbocycles. The van der Waals surface area contributed by atoms with Crippen molar-refractivity contribution in [2.45, 2.75) is 27.7 Å². The number of amides is 2. The number of nitrogens with one attached hydrogen (secondary N) is 1. The number of rotatable bonds is 13. The van der Waals surface area contributed by atoms with E-state index in [1.54, 1.807) is 30.7 Å². The van der Waals surface area contributed by atoms with Gasteiger partial charge in [-0.1, -0.05) is 0 Å².